The van der Waals surface area contributed by atoms with E-state index in [0.717, 1.165) is 16.7 Å². The third kappa shape index (κ3) is 4.68. The van der Waals surface area contributed by atoms with Crippen LogP contribution in [0.3, 0.4) is 0 Å². The Morgan fingerprint density at radius 1 is 0.733 bits per heavy atom. The Bertz CT molecular complexity index is 1020. The molecule has 0 unspecified atom stereocenters. The molecule has 0 spiro atoms. The minimum absolute atomic E-state index is 0.0541. The Labute approximate surface area is 178 Å². The predicted octanol–water partition coefficient (Wildman–Crippen LogP) is 7.01. The largest absolute Gasteiger partial charge is 0.300 e. The molecule has 0 aliphatic carbocycles. The average molecular weight is 465 g/mol. The number of hydrogen-bond acceptors (Lipinski definition) is 3. The summed E-state index contributed by atoms with van der Waals surface area (Å²) in [5, 5.41) is 0. The molecule has 2 aromatic carbocycles. The van der Waals surface area contributed by atoms with Crippen LogP contribution in [0.25, 0.3) is 0 Å². The van der Waals surface area contributed by atoms with Gasteiger partial charge in [0.05, 0.1) is 4.90 Å². The zero-order valence-corrected chi connectivity index (χ0v) is 19.1. The quantitative estimate of drug-likeness (QED) is 0.284. The molecule has 0 aliphatic heterocycles. The Balaban J connectivity index is 2.83. The van der Waals surface area contributed by atoms with Gasteiger partial charge in [-0.25, -0.2) is 17.6 Å². The van der Waals surface area contributed by atoms with Gasteiger partial charge >= 0.3 is 10.1 Å². The van der Waals surface area contributed by atoms with Crippen molar-refractivity contribution in [3.63, 3.8) is 0 Å². The van der Waals surface area contributed by atoms with Crippen LogP contribution in [0.15, 0.2) is 26.8 Å². The molecule has 0 saturated carbocycles. The van der Waals surface area contributed by atoms with Crippen LogP contribution in [0.1, 0.15) is 76.0 Å². The van der Waals surface area contributed by atoms with Gasteiger partial charge in [-0.15, -0.1) is 0 Å². The van der Waals surface area contributed by atoms with Gasteiger partial charge in [-0.2, -0.15) is 8.42 Å². The lowest BCUT2D eigenvalue weighted by atomic mass is 9.89. The third-order valence-corrected chi connectivity index (χ3v) is 6.84. The van der Waals surface area contributed by atoms with Gasteiger partial charge in [0.25, 0.3) is 0 Å². The Hall–Kier alpha value is -1.58. The topological polar surface area (TPSA) is 54.4 Å². The fourth-order valence-corrected chi connectivity index (χ4v) is 5.04. The molecule has 0 saturated heterocycles. The lowest BCUT2D eigenvalue weighted by Gasteiger charge is -2.23. The summed E-state index contributed by atoms with van der Waals surface area (Å²) in [6.07, 6.45) is 0. The first kappa shape index (κ1) is 24.7. The van der Waals surface area contributed by atoms with Crippen LogP contribution < -0.4 is 0 Å². The first-order valence-electron chi connectivity index (χ1n) is 9.37. The molecular formula is C21H24F4O3S2. The van der Waals surface area contributed by atoms with E-state index in [0.29, 0.717) is 16.7 Å². The van der Waals surface area contributed by atoms with Crippen molar-refractivity contribution in [2.75, 3.05) is 0 Å². The van der Waals surface area contributed by atoms with Crippen molar-refractivity contribution in [2.24, 2.45) is 0 Å². The highest BCUT2D eigenvalue weighted by Crippen LogP contribution is 2.44. The van der Waals surface area contributed by atoms with Crippen molar-refractivity contribution in [2.45, 2.75) is 74.0 Å². The summed E-state index contributed by atoms with van der Waals surface area (Å²) >= 11 is 0.512. The van der Waals surface area contributed by atoms with Crippen molar-refractivity contribution < 1.29 is 30.5 Å². The molecular weight excluding hydrogens is 440 g/mol. The molecule has 2 aromatic rings. The maximum Gasteiger partial charge on any atom is 0.300 e. The van der Waals surface area contributed by atoms with Gasteiger partial charge in [-0.1, -0.05) is 65.4 Å². The van der Waals surface area contributed by atoms with Gasteiger partial charge < -0.3 is 0 Å². The molecule has 3 nitrogen and oxygen atoms in total. The van der Waals surface area contributed by atoms with Crippen molar-refractivity contribution in [3.05, 3.63) is 52.1 Å². The summed E-state index contributed by atoms with van der Waals surface area (Å²) in [5.74, 6) is -7.97. The molecule has 1 N–H and O–H groups in total. The molecule has 0 aromatic heterocycles. The monoisotopic (exact) mass is 464 g/mol. The summed E-state index contributed by atoms with van der Waals surface area (Å²) in [6.45, 7) is 11.6. The second-order valence-corrected chi connectivity index (χ2v) is 10.4. The molecule has 0 amide bonds. The van der Waals surface area contributed by atoms with Crippen LogP contribution in [-0.4, -0.2) is 13.0 Å². The van der Waals surface area contributed by atoms with E-state index in [2.05, 4.69) is 0 Å². The third-order valence-electron chi connectivity index (χ3n) is 4.72. The lowest BCUT2D eigenvalue weighted by Crippen LogP contribution is -2.11. The number of rotatable bonds is 6. The molecule has 2 rings (SSSR count). The van der Waals surface area contributed by atoms with E-state index < -0.39 is 43.2 Å². The van der Waals surface area contributed by atoms with Crippen molar-refractivity contribution >= 4 is 21.9 Å². The van der Waals surface area contributed by atoms with Gasteiger partial charge in [0.15, 0.2) is 28.2 Å². The minimum Gasteiger partial charge on any atom is -0.282 e. The van der Waals surface area contributed by atoms with Crippen LogP contribution in [0, 0.1) is 23.3 Å². The van der Waals surface area contributed by atoms with Gasteiger partial charge in [0.1, 0.15) is 0 Å². The SMILES string of the molecule is CC(C)c1cc(C(C)C)c(Sc2c(F)c(F)c(S(=O)(=O)O)c(F)c2F)c(C(C)C)c1. The molecule has 0 heterocycles. The molecule has 166 valence electrons. The van der Waals surface area contributed by atoms with E-state index in [1.165, 1.54) is 0 Å². The number of benzene rings is 2. The maximum atomic E-state index is 14.6. The maximum absolute atomic E-state index is 14.6. The van der Waals surface area contributed by atoms with E-state index in [-0.39, 0.29) is 17.8 Å². The summed E-state index contributed by atoms with van der Waals surface area (Å²) < 4.78 is 89.0. The summed E-state index contributed by atoms with van der Waals surface area (Å²) in [5.41, 5.74) is 2.54. The number of halogens is 4. The molecule has 0 bridgehead atoms. The highest BCUT2D eigenvalue weighted by molar-refractivity contribution is 7.99. The van der Waals surface area contributed by atoms with E-state index in [1.54, 1.807) is 0 Å². The van der Waals surface area contributed by atoms with Crippen LogP contribution >= 0.6 is 11.8 Å². The predicted molar refractivity (Wildman–Crippen MR) is 109 cm³/mol. The summed E-state index contributed by atoms with van der Waals surface area (Å²) in [6, 6.07) is 3.80. The fraction of sp³-hybridized carbons (Fsp3) is 0.429. The van der Waals surface area contributed by atoms with E-state index in [1.807, 2.05) is 53.7 Å². The molecule has 9 heteroatoms. The molecule has 0 aliphatic rings. The van der Waals surface area contributed by atoms with E-state index in [9.17, 15) is 26.0 Å². The Morgan fingerprint density at radius 3 is 1.43 bits per heavy atom. The zero-order chi connectivity index (χ0) is 23.1. The summed E-state index contributed by atoms with van der Waals surface area (Å²) in [4.78, 5) is -2.58. The average Bonchev–Trinajstić information content (AvgIpc) is 2.61. The van der Waals surface area contributed by atoms with E-state index >= 15 is 0 Å². The van der Waals surface area contributed by atoms with Crippen molar-refractivity contribution in [1.29, 1.82) is 0 Å². The van der Waals surface area contributed by atoms with Crippen LogP contribution in [0.2, 0.25) is 0 Å². The highest BCUT2D eigenvalue weighted by Gasteiger charge is 2.33. The lowest BCUT2D eigenvalue weighted by molar-refractivity contribution is 0.384. The minimum atomic E-state index is -5.50. The molecule has 0 fully saturated rings. The standard InChI is InChI=1S/C21H24F4O3S2/c1-9(2)12-7-13(10(3)4)19(14(8-12)11(5)6)29-20-15(22)17(24)21(30(26,27)28)18(25)16(20)23/h7-11H,1-6H3,(H,26,27,28). The normalized spacial score (nSPS) is 12.5. The number of hydrogen-bond donors (Lipinski definition) is 1. The molecule has 0 radical (unpaired) electrons. The van der Waals surface area contributed by atoms with Gasteiger partial charge in [0, 0.05) is 4.90 Å². The van der Waals surface area contributed by atoms with Gasteiger partial charge in [-0.3, -0.25) is 4.55 Å². The smallest absolute Gasteiger partial charge is 0.282 e. The van der Waals surface area contributed by atoms with E-state index in [4.69, 9.17) is 4.55 Å². The Morgan fingerprint density at radius 2 is 1.13 bits per heavy atom. The molecule has 0 atom stereocenters. The van der Waals surface area contributed by atoms with Crippen molar-refractivity contribution in [1.82, 2.24) is 0 Å². The zero-order valence-electron chi connectivity index (χ0n) is 17.5. The van der Waals surface area contributed by atoms with Crippen LogP contribution in [-0.2, 0) is 10.1 Å². The second-order valence-electron chi connectivity index (χ2n) is 7.98. The molecule has 30 heavy (non-hydrogen) atoms. The summed E-state index contributed by atoms with van der Waals surface area (Å²) in [7, 11) is -5.50. The first-order valence-corrected chi connectivity index (χ1v) is 11.6. The first-order chi connectivity index (χ1) is 13.7. The van der Waals surface area contributed by atoms with Gasteiger partial charge in [0.2, 0.25) is 0 Å². The Kier molecular flexibility index (Phi) is 7.31. The fourth-order valence-electron chi connectivity index (χ4n) is 3.02. The van der Waals surface area contributed by atoms with Gasteiger partial charge in [-0.05, 0) is 34.4 Å². The van der Waals surface area contributed by atoms with Crippen LogP contribution in [0.4, 0.5) is 17.6 Å². The highest BCUT2D eigenvalue weighted by atomic mass is 32.2. The van der Waals surface area contributed by atoms with Crippen molar-refractivity contribution in [3.8, 4) is 0 Å². The second kappa shape index (κ2) is 8.88. The van der Waals surface area contributed by atoms with Crippen LogP contribution in [0.5, 0.6) is 0 Å².